The zero-order valence-electron chi connectivity index (χ0n) is 12.0. The van der Waals surface area contributed by atoms with E-state index in [4.69, 9.17) is 0 Å². The highest BCUT2D eigenvalue weighted by Gasteiger charge is 2.53. The summed E-state index contributed by atoms with van der Waals surface area (Å²) in [4.78, 5) is 23.9. The van der Waals surface area contributed by atoms with Crippen molar-refractivity contribution < 1.29 is 14.7 Å². The van der Waals surface area contributed by atoms with Crippen LogP contribution in [0.5, 0.6) is 0 Å². The summed E-state index contributed by atoms with van der Waals surface area (Å²) < 4.78 is 0. The fourth-order valence-electron chi connectivity index (χ4n) is 4.78. The molecule has 3 saturated carbocycles. The van der Waals surface area contributed by atoms with Gasteiger partial charge in [0, 0.05) is 6.54 Å². The van der Waals surface area contributed by atoms with Gasteiger partial charge in [-0.1, -0.05) is 19.3 Å². The number of aliphatic carboxylic acids is 1. The Hall–Kier alpha value is -1.06. The Morgan fingerprint density at radius 1 is 0.950 bits per heavy atom. The third kappa shape index (κ3) is 2.57. The number of carboxylic acids is 1. The molecule has 0 heterocycles. The maximum Gasteiger partial charge on any atom is 0.307 e. The quantitative estimate of drug-likeness (QED) is 0.830. The van der Waals surface area contributed by atoms with Crippen LogP contribution in [0.2, 0.25) is 0 Å². The van der Waals surface area contributed by atoms with E-state index in [9.17, 15) is 14.7 Å². The maximum atomic E-state index is 12.4. The number of carbonyl (C=O) groups excluding carboxylic acids is 1. The average Bonchev–Trinajstić information content (AvgIpc) is 3.06. The first-order valence-corrected chi connectivity index (χ1v) is 8.17. The minimum Gasteiger partial charge on any atom is -0.481 e. The Morgan fingerprint density at radius 2 is 1.60 bits per heavy atom. The van der Waals surface area contributed by atoms with Crippen LogP contribution in [0.4, 0.5) is 0 Å². The van der Waals surface area contributed by atoms with Gasteiger partial charge in [-0.2, -0.15) is 0 Å². The first-order chi connectivity index (χ1) is 9.66. The molecule has 112 valence electrons. The van der Waals surface area contributed by atoms with Crippen molar-refractivity contribution in [3.63, 3.8) is 0 Å². The van der Waals surface area contributed by atoms with Gasteiger partial charge in [0.15, 0.2) is 0 Å². The van der Waals surface area contributed by atoms with E-state index < -0.39 is 11.9 Å². The summed E-state index contributed by atoms with van der Waals surface area (Å²) in [5.74, 6) is -0.301. The zero-order chi connectivity index (χ0) is 14.1. The maximum absolute atomic E-state index is 12.4. The predicted octanol–water partition coefficient (Wildman–Crippen LogP) is 2.43. The molecule has 2 N–H and O–H groups in total. The smallest absolute Gasteiger partial charge is 0.307 e. The highest BCUT2D eigenvalue weighted by Crippen LogP contribution is 2.52. The molecule has 0 aliphatic heterocycles. The Kier molecular flexibility index (Phi) is 3.99. The minimum atomic E-state index is -0.769. The summed E-state index contributed by atoms with van der Waals surface area (Å²) in [5.41, 5.74) is 0. The van der Waals surface area contributed by atoms with E-state index >= 15 is 0 Å². The summed E-state index contributed by atoms with van der Waals surface area (Å²) in [7, 11) is 0. The second-order valence-electron chi connectivity index (χ2n) is 6.97. The first-order valence-electron chi connectivity index (χ1n) is 8.17. The first kappa shape index (κ1) is 13.9. The molecule has 4 unspecified atom stereocenters. The molecule has 0 aromatic heterocycles. The number of fused-ring (bicyclic) bond motifs is 2. The molecule has 4 atom stereocenters. The summed E-state index contributed by atoms with van der Waals surface area (Å²) in [5, 5.41) is 12.5. The van der Waals surface area contributed by atoms with Crippen molar-refractivity contribution in [3.8, 4) is 0 Å². The number of carbonyl (C=O) groups is 2. The van der Waals surface area contributed by atoms with Crippen LogP contribution in [0.25, 0.3) is 0 Å². The number of hydrogen-bond acceptors (Lipinski definition) is 2. The van der Waals surface area contributed by atoms with Crippen LogP contribution in [0, 0.1) is 29.6 Å². The molecular weight excluding hydrogens is 254 g/mol. The van der Waals surface area contributed by atoms with Crippen molar-refractivity contribution >= 4 is 11.9 Å². The molecule has 3 aliphatic rings. The van der Waals surface area contributed by atoms with Gasteiger partial charge in [-0.25, -0.2) is 0 Å². The summed E-state index contributed by atoms with van der Waals surface area (Å²) in [6.45, 7) is 0.749. The molecule has 3 fully saturated rings. The van der Waals surface area contributed by atoms with Gasteiger partial charge in [-0.15, -0.1) is 0 Å². The highest BCUT2D eigenvalue weighted by atomic mass is 16.4. The highest BCUT2D eigenvalue weighted by molar-refractivity contribution is 5.86. The normalized spacial score (nSPS) is 37.0. The molecule has 4 heteroatoms. The fourth-order valence-corrected chi connectivity index (χ4v) is 4.78. The van der Waals surface area contributed by atoms with E-state index in [1.54, 1.807) is 0 Å². The number of nitrogens with one attached hydrogen (secondary N) is 1. The fraction of sp³-hybridized carbons (Fsp3) is 0.875. The van der Waals surface area contributed by atoms with E-state index in [1.165, 1.54) is 32.1 Å². The molecule has 3 aliphatic carbocycles. The minimum absolute atomic E-state index is 0.00942. The molecule has 20 heavy (non-hydrogen) atoms. The average molecular weight is 279 g/mol. The Balaban J connectivity index is 1.57. The zero-order valence-corrected chi connectivity index (χ0v) is 12.0. The third-order valence-electron chi connectivity index (χ3n) is 5.79. The van der Waals surface area contributed by atoms with E-state index in [0.717, 1.165) is 25.8 Å². The number of amides is 1. The Morgan fingerprint density at radius 3 is 2.25 bits per heavy atom. The van der Waals surface area contributed by atoms with Crippen LogP contribution in [0.3, 0.4) is 0 Å². The number of carboxylic acid groups (broad SMARTS) is 1. The van der Waals surface area contributed by atoms with Crippen molar-refractivity contribution in [2.75, 3.05) is 6.54 Å². The van der Waals surface area contributed by atoms with Crippen molar-refractivity contribution in [2.24, 2.45) is 29.6 Å². The van der Waals surface area contributed by atoms with Crippen LogP contribution in [0.1, 0.15) is 51.4 Å². The standard InChI is InChI=1S/C16H25NO3/c18-15(17-9-10-4-2-1-3-5-10)13-11-6-7-12(8-11)14(13)16(19)20/h10-14H,1-9H2,(H,17,18)(H,19,20). The van der Waals surface area contributed by atoms with Crippen molar-refractivity contribution in [1.29, 1.82) is 0 Å². The van der Waals surface area contributed by atoms with Gasteiger partial charge in [-0.3, -0.25) is 9.59 Å². The van der Waals surface area contributed by atoms with Crippen molar-refractivity contribution in [2.45, 2.75) is 51.4 Å². The topological polar surface area (TPSA) is 66.4 Å². The van der Waals surface area contributed by atoms with Crippen LogP contribution in [-0.2, 0) is 9.59 Å². The van der Waals surface area contributed by atoms with Gasteiger partial charge in [0.25, 0.3) is 0 Å². The van der Waals surface area contributed by atoms with Crippen LogP contribution in [0.15, 0.2) is 0 Å². The predicted molar refractivity (Wildman–Crippen MR) is 75.0 cm³/mol. The Labute approximate surface area is 120 Å². The van der Waals surface area contributed by atoms with E-state index in [-0.39, 0.29) is 17.7 Å². The molecule has 3 rings (SSSR count). The second kappa shape index (κ2) is 5.74. The summed E-state index contributed by atoms with van der Waals surface area (Å²) >= 11 is 0. The summed E-state index contributed by atoms with van der Waals surface area (Å²) in [6, 6.07) is 0. The lowest BCUT2D eigenvalue weighted by molar-refractivity contribution is -0.149. The van der Waals surface area contributed by atoms with E-state index in [0.29, 0.717) is 11.8 Å². The van der Waals surface area contributed by atoms with Crippen molar-refractivity contribution in [1.82, 2.24) is 5.32 Å². The van der Waals surface area contributed by atoms with Gasteiger partial charge < -0.3 is 10.4 Å². The van der Waals surface area contributed by atoms with Crippen LogP contribution in [-0.4, -0.2) is 23.5 Å². The molecule has 2 bridgehead atoms. The summed E-state index contributed by atoms with van der Waals surface area (Å²) in [6.07, 6.45) is 9.25. The van der Waals surface area contributed by atoms with Gasteiger partial charge in [-0.05, 0) is 49.9 Å². The lowest BCUT2D eigenvalue weighted by Gasteiger charge is -2.28. The lowest BCUT2D eigenvalue weighted by Crippen LogP contribution is -2.42. The molecule has 0 aromatic rings. The molecule has 0 aromatic carbocycles. The van der Waals surface area contributed by atoms with Gasteiger partial charge in [0.2, 0.25) is 5.91 Å². The SMILES string of the molecule is O=C(O)C1C2CCC(C2)C1C(=O)NCC1CCCCC1. The van der Waals surface area contributed by atoms with Crippen LogP contribution >= 0.6 is 0 Å². The number of rotatable bonds is 4. The molecule has 0 spiro atoms. The van der Waals surface area contributed by atoms with Gasteiger partial charge in [0.05, 0.1) is 11.8 Å². The van der Waals surface area contributed by atoms with Crippen LogP contribution < -0.4 is 5.32 Å². The largest absolute Gasteiger partial charge is 0.481 e. The lowest BCUT2D eigenvalue weighted by atomic mass is 9.78. The molecular formula is C16H25NO3. The van der Waals surface area contributed by atoms with Crippen molar-refractivity contribution in [3.05, 3.63) is 0 Å². The Bertz CT molecular complexity index is 389. The molecule has 0 radical (unpaired) electrons. The molecule has 1 amide bonds. The van der Waals surface area contributed by atoms with Gasteiger partial charge >= 0.3 is 5.97 Å². The third-order valence-corrected chi connectivity index (χ3v) is 5.79. The van der Waals surface area contributed by atoms with E-state index in [1.807, 2.05) is 0 Å². The second-order valence-corrected chi connectivity index (χ2v) is 6.97. The van der Waals surface area contributed by atoms with Gasteiger partial charge in [0.1, 0.15) is 0 Å². The van der Waals surface area contributed by atoms with E-state index in [2.05, 4.69) is 5.32 Å². The number of hydrogen-bond donors (Lipinski definition) is 2. The monoisotopic (exact) mass is 279 g/mol. The molecule has 0 saturated heterocycles. The molecule has 4 nitrogen and oxygen atoms in total.